The van der Waals surface area contributed by atoms with Crippen LogP contribution in [0.15, 0.2) is 4.99 Å². The van der Waals surface area contributed by atoms with E-state index in [4.69, 9.17) is 5.73 Å². The van der Waals surface area contributed by atoms with Gasteiger partial charge >= 0.3 is 0 Å². The summed E-state index contributed by atoms with van der Waals surface area (Å²) in [6, 6.07) is 0.594. The fourth-order valence-electron chi connectivity index (χ4n) is 3.74. The summed E-state index contributed by atoms with van der Waals surface area (Å²) in [7, 11) is 1.85. The van der Waals surface area contributed by atoms with Gasteiger partial charge in [-0.25, -0.2) is 0 Å². The quantitative estimate of drug-likeness (QED) is 0.233. The van der Waals surface area contributed by atoms with Crippen molar-refractivity contribution in [2.45, 2.75) is 63.8 Å². The van der Waals surface area contributed by atoms with Crippen LogP contribution in [-0.2, 0) is 4.79 Å². The standard InChI is InChI=1S/C18H35N5O.HI/c1-20-18(22-16-7-3-2-4-8-16)21-11-5-6-12-23-13-9-15(10-14-23)17(19)24;/h15-16H,2-14H2,1H3,(H2,19,24)(H2,20,21,22);1H. The first-order valence-electron chi connectivity index (χ1n) is 9.68. The van der Waals surface area contributed by atoms with Crippen molar-refractivity contribution in [1.29, 1.82) is 0 Å². The van der Waals surface area contributed by atoms with Gasteiger partial charge in [-0.2, -0.15) is 0 Å². The number of nitrogens with one attached hydrogen (secondary N) is 2. The molecule has 1 saturated heterocycles. The van der Waals surface area contributed by atoms with E-state index in [2.05, 4.69) is 20.5 Å². The van der Waals surface area contributed by atoms with Crippen LogP contribution in [0.2, 0.25) is 0 Å². The van der Waals surface area contributed by atoms with Gasteiger partial charge in [-0.05, 0) is 58.2 Å². The summed E-state index contributed by atoms with van der Waals surface area (Å²) in [5.41, 5.74) is 5.38. The lowest BCUT2D eigenvalue weighted by molar-refractivity contribution is -0.123. The molecule has 6 nitrogen and oxygen atoms in total. The first-order chi connectivity index (χ1) is 11.7. The van der Waals surface area contributed by atoms with E-state index in [1.807, 2.05) is 7.05 Å². The Morgan fingerprint density at radius 1 is 1.12 bits per heavy atom. The fraction of sp³-hybridized carbons (Fsp3) is 0.889. The third-order valence-electron chi connectivity index (χ3n) is 5.35. The van der Waals surface area contributed by atoms with Crippen LogP contribution in [0.5, 0.6) is 0 Å². The number of halogens is 1. The number of piperidine rings is 1. The number of amides is 1. The molecule has 0 unspecified atom stereocenters. The number of nitrogens with two attached hydrogens (primary N) is 1. The highest BCUT2D eigenvalue weighted by Crippen LogP contribution is 2.17. The lowest BCUT2D eigenvalue weighted by Crippen LogP contribution is -2.44. The number of carbonyl (C=O) groups excluding carboxylic acids is 1. The maximum atomic E-state index is 11.2. The van der Waals surface area contributed by atoms with Crippen molar-refractivity contribution in [3.8, 4) is 0 Å². The van der Waals surface area contributed by atoms with Gasteiger partial charge in [-0.15, -0.1) is 24.0 Å². The van der Waals surface area contributed by atoms with Gasteiger partial charge in [-0.3, -0.25) is 9.79 Å². The zero-order valence-electron chi connectivity index (χ0n) is 15.6. The summed E-state index contributed by atoms with van der Waals surface area (Å²) in [6.45, 7) is 4.09. The van der Waals surface area contributed by atoms with E-state index in [0.717, 1.165) is 51.4 Å². The Labute approximate surface area is 169 Å². The Balaban J connectivity index is 0.00000312. The predicted molar refractivity (Wildman–Crippen MR) is 114 cm³/mol. The molecule has 0 atom stereocenters. The normalized spacial score (nSPS) is 20.8. The zero-order valence-corrected chi connectivity index (χ0v) is 18.0. The van der Waals surface area contributed by atoms with Crippen molar-refractivity contribution in [3.63, 3.8) is 0 Å². The highest BCUT2D eigenvalue weighted by Gasteiger charge is 2.22. The number of carbonyl (C=O) groups is 1. The number of rotatable bonds is 7. The Bertz CT molecular complexity index is 404. The lowest BCUT2D eigenvalue weighted by Gasteiger charge is -2.30. The van der Waals surface area contributed by atoms with E-state index in [0.29, 0.717) is 6.04 Å². The highest BCUT2D eigenvalue weighted by atomic mass is 127. The van der Waals surface area contributed by atoms with Gasteiger partial charge in [0, 0.05) is 25.6 Å². The molecule has 4 N–H and O–H groups in total. The molecule has 146 valence electrons. The molecule has 25 heavy (non-hydrogen) atoms. The van der Waals surface area contributed by atoms with Crippen LogP contribution >= 0.6 is 24.0 Å². The second kappa shape index (κ2) is 12.7. The van der Waals surface area contributed by atoms with Crippen LogP contribution in [0.1, 0.15) is 57.8 Å². The van der Waals surface area contributed by atoms with Crippen molar-refractivity contribution < 1.29 is 4.79 Å². The zero-order chi connectivity index (χ0) is 17.2. The summed E-state index contributed by atoms with van der Waals surface area (Å²) in [6.07, 6.45) is 10.7. The van der Waals surface area contributed by atoms with Gasteiger partial charge in [-0.1, -0.05) is 19.3 Å². The fourth-order valence-corrected chi connectivity index (χ4v) is 3.74. The van der Waals surface area contributed by atoms with Crippen molar-refractivity contribution in [2.75, 3.05) is 33.2 Å². The molecule has 2 fully saturated rings. The van der Waals surface area contributed by atoms with Crippen molar-refractivity contribution >= 4 is 35.8 Å². The molecule has 2 aliphatic rings. The van der Waals surface area contributed by atoms with E-state index < -0.39 is 0 Å². The van der Waals surface area contributed by atoms with Crippen LogP contribution in [0.25, 0.3) is 0 Å². The number of hydrogen-bond acceptors (Lipinski definition) is 3. The summed E-state index contributed by atoms with van der Waals surface area (Å²) in [4.78, 5) is 18.0. The minimum absolute atomic E-state index is 0. The molecule has 1 amide bonds. The molecule has 0 aromatic rings. The van der Waals surface area contributed by atoms with Gasteiger partial charge < -0.3 is 21.3 Å². The van der Waals surface area contributed by atoms with E-state index in [9.17, 15) is 4.79 Å². The molecule has 2 rings (SSSR count). The highest BCUT2D eigenvalue weighted by molar-refractivity contribution is 14.0. The topological polar surface area (TPSA) is 82.8 Å². The van der Waals surface area contributed by atoms with Gasteiger partial charge in [0.2, 0.25) is 5.91 Å². The molecular weight excluding hydrogens is 429 g/mol. The molecule has 0 aromatic carbocycles. The molecule has 1 heterocycles. The number of unbranched alkanes of at least 4 members (excludes halogenated alkanes) is 1. The first kappa shape index (κ1) is 22.5. The molecule has 1 aliphatic carbocycles. The minimum atomic E-state index is -0.129. The number of guanidine groups is 1. The summed E-state index contributed by atoms with van der Waals surface area (Å²) >= 11 is 0. The molecule has 0 aromatic heterocycles. The molecular formula is C18H36IN5O. The first-order valence-corrected chi connectivity index (χ1v) is 9.68. The predicted octanol–water partition coefficient (Wildman–Crippen LogP) is 2.08. The third-order valence-corrected chi connectivity index (χ3v) is 5.35. The average Bonchev–Trinajstić information content (AvgIpc) is 2.61. The van der Waals surface area contributed by atoms with E-state index >= 15 is 0 Å². The van der Waals surface area contributed by atoms with Crippen LogP contribution in [0.3, 0.4) is 0 Å². The molecule has 1 saturated carbocycles. The Hall–Kier alpha value is -0.570. The van der Waals surface area contributed by atoms with Crippen LogP contribution < -0.4 is 16.4 Å². The number of likely N-dealkylation sites (tertiary alicyclic amines) is 1. The molecule has 7 heteroatoms. The van der Waals surface area contributed by atoms with Crippen molar-refractivity contribution in [3.05, 3.63) is 0 Å². The van der Waals surface area contributed by atoms with E-state index in [-0.39, 0.29) is 35.8 Å². The minimum Gasteiger partial charge on any atom is -0.369 e. The maximum absolute atomic E-state index is 11.2. The Kier molecular flexibility index (Phi) is 11.4. The summed E-state index contributed by atoms with van der Waals surface area (Å²) in [5, 5.41) is 6.98. The second-order valence-corrected chi connectivity index (χ2v) is 7.20. The average molecular weight is 465 g/mol. The largest absolute Gasteiger partial charge is 0.369 e. The number of primary amides is 1. The van der Waals surface area contributed by atoms with Crippen molar-refractivity contribution in [1.82, 2.24) is 15.5 Å². The monoisotopic (exact) mass is 465 g/mol. The molecule has 0 bridgehead atoms. The van der Waals surface area contributed by atoms with Crippen molar-refractivity contribution in [2.24, 2.45) is 16.6 Å². The van der Waals surface area contributed by atoms with Gasteiger partial charge in [0.05, 0.1) is 0 Å². The third kappa shape index (κ3) is 8.57. The number of aliphatic imine (C=N–C) groups is 1. The van der Waals surface area contributed by atoms with Gasteiger partial charge in [0.25, 0.3) is 0 Å². The summed E-state index contributed by atoms with van der Waals surface area (Å²) < 4.78 is 0. The second-order valence-electron chi connectivity index (χ2n) is 7.20. The molecule has 1 aliphatic heterocycles. The van der Waals surface area contributed by atoms with E-state index in [1.165, 1.54) is 38.5 Å². The van der Waals surface area contributed by atoms with Crippen LogP contribution in [0.4, 0.5) is 0 Å². The van der Waals surface area contributed by atoms with Gasteiger partial charge in [0.15, 0.2) is 5.96 Å². The maximum Gasteiger partial charge on any atom is 0.220 e. The van der Waals surface area contributed by atoms with E-state index in [1.54, 1.807) is 0 Å². The smallest absolute Gasteiger partial charge is 0.220 e. The molecule has 0 radical (unpaired) electrons. The number of nitrogens with zero attached hydrogens (tertiary/aromatic N) is 2. The SMILES string of the molecule is CN=C(NCCCCN1CCC(C(N)=O)CC1)NC1CCCCC1.I. The van der Waals surface area contributed by atoms with Gasteiger partial charge in [0.1, 0.15) is 0 Å². The Morgan fingerprint density at radius 2 is 1.80 bits per heavy atom. The summed E-state index contributed by atoms with van der Waals surface area (Å²) in [5.74, 6) is 0.914. The lowest BCUT2D eigenvalue weighted by atomic mass is 9.96. The number of hydrogen-bond donors (Lipinski definition) is 3. The van der Waals surface area contributed by atoms with Crippen LogP contribution in [0, 0.1) is 5.92 Å². The van der Waals surface area contributed by atoms with Crippen LogP contribution in [-0.4, -0.2) is 56.0 Å². The molecule has 0 spiro atoms. The Morgan fingerprint density at radius 3 is 2.40 bits per heavy atom.